The molecule has 0 bridgehead atoms. The van der Waals surface area contributed by atoms with Crippen LogP contribution in [0.15, 0.2) is 53.1 Å². The molecule has 4 rings (SSSR count). The van der Waals surface area contributed by atoms with Crippen molar-refractivity contribution in [2.75, 3.05) is 0 Å². The maximum absolute atomic E-state index is 13.4. The summed E-state index contributed by atoms with van der Waals surface area (Å²) in [6.07, 6.45) is 5.59. The van der Waals surface area contributed by atoms with Crippen LogP contribution in [0, 0.1) is 13.8 Å². The molecule has 29 heavy (non-hydrogen) atoms. The Bertz CT molecular complexity index is 975. The van der Waals surface area contributed by atoms with Gasteiger partial charge in [0.2, 0.25) is 11.7 Å². The van der Waals surface area contributed by atoms with Gasteiger partial charge in [0.15, 0.2) is 0 Å². The minimum absolute atomic E-state index is 0.0412. The number of amides is 1. The van der Waals surface area contributed by atoms with Crippen LogP contribution in [0.25, 0.3) is 11.4 Å². The monoisotopic (exact) mass is 389 g/mol. The summed E-state index contributed by atoms with van der Waals surface area (Å²) >= 11 is 0. The van der Waals surface area contributed by atoms with E-state index in [0.717, 1.165) is 42.4 Å². The first kappa shape index (κ1) is 19.4. The van der Waals surface area contributed by atoms with E-state index in [1.165, 1.54) is 12.0 Å². The molecular weight excluding hydrogens is 362 g/mol. The van der Waals surface area contributed by atoms with Crippen LogP contribution in [-0.2, 0) is 6.54 Å². The zero-order chi connectivity index (χ0) is 20.2. The smallest absolute Gasteiger partial charge is 0.254 e. The molecule has 1 aromatic heterocycles. The summed E-state index contributed by atoms with van der Waals surface area (Å²) in [5.74, 6) is 1.08. The first-order valence-electron chi connectivity index (χ1n) is 10.4. The molecule has 3 aromatic rings. The van der Waals surface area contributed by atoms with E-state index in [-0.39, 0.29) is 11.9 Å². The van der Waals surface area contributed by atoms with Crippen LogP contribution in [0.1, 0.15) is 59.5 Å². The summed E-state index contributed by atoms with van der Waals surface area (Å²) in [6, 6.07) is 15.9. The highest BCUT2D eigenvalue weighted by molar-refractivity contribution is 5.94. The molecule has 1 saturated carbocycles. The number of hydrogen-bond acceptors (Lipinski definition) is 4. The van der Waals surface area contributed by atoms with Crippen molar-refractivity contribution >= 4 is 5.91 Å². The highest BCUT2D eigenvalue weighted by Crippen LogP contribution is 2.26. The van der Waals surface area contributed by atoms with E-state index >= 15 is 0 Å². The van der Waals surface area contributed by atoms with E-state index in [9.17, 15) is 4.79 Å². The molecule has 0 atom stereocenters. The number of carbonyl (C=O) groups is 1. The third-order valence-electron chi connectivity index (χ3n) is 5.84. The normalized spacial score (nSPS) is 14.7. The fourth-order valence-electron chi connectivity index (χ4n) is 3.97. The molecule has 1 heterocycles. The minimum Gasteiger partial charge on any atom is -0.337 e. The average molecular weight is 389 g/mol. The van der Waals surface area contributed by atoms with Crippen molar-refractivity contribution in [1.29, 1.82) is 0 Å². The Morgan fingerprint density at radius 3 is 2.52 bits per heavy atom. The van der Waals surface area contributed by atoms with Crippen LogP contribution in [0.3, 0.4) is 0 Å². The van der Waals surface area contributed by atoms with Crippen LogP contribution in [-0.4, -0.2) is 27.0 Å². The standard InChI is InChI=1S/C24H27N3O2/c1-17-13-14-20(15-18(17)2)24(28)27(21-11-7-4-8-12-21)16-22-25-23(26-29-22)19-9-5-3-6-10-19/h3,5-6,9-10,13-15,21H,4,7-8,11-12,16H2,1-2H3. The van der Waals surface area contributed by atoms with Crippen LogP contribution < -0.4 is 0 Å². The second kappa shape index (κ2) is 8.60. The fraction of sp³-hybridized carbons (Fsp3) is 0.375. The Hall–Kier alpha value is -2.95. The Morgan fingerprint density at radius 2 is 1.79 bits per heavy atom. The van der Waals surface area contributed by atoms with E-state index in [1.807, 2.05) is 60.4 Å². The molecule has 0 spiro atoms. The average Bonchev–Trinajstić information content (AvgIpc) is 3.23. The summed E-state index contributed by atoms with van der Waals surface area (Å²) in [6.45, 7) is 4.45. The van der Waals surface area contributed by atoms with Gasteiger partial charge in [0.05, 0.1) is 0 Å². The Kier molecular flexibility index (Phi) is 5.74. The quantitative estimate of drug-likeness (QED) is 0.592. The molecule has 1 fully saturated rings. The van der Waals surface area contributed by atoms with Gasteiger partial charge >= 0.3 is 0 Å². The maximum atomic E-state index is 13.4. The van der Waals surface area contributed by atoms with Crippen LogP contribution in [0.4, 0.5) is 0 Å². The van der Waals surface area contributed by atoms with Crippen LogP contribution in [0.5, 0.6) is 0 Å². The van der Waals surface area contributed by atoms with Crippen LogP contribution in [0.2, 0.25) is 0 Å². The molecule has 1 amide bonds. The molecular formula is C24H27N3O2. The van der Waals surface area contributed by atoms with Crippen molar-refractivity contribution < 1.29 is 9.32 Å². The van der Waals surface area contributed by atoms with E-state index in [1.54, 1.807) is 0 Å². The number of rotatable bonds is 5. The second-order valence-corrected chi connectivity index (χ2v) is 7.90. The number of aryl methyl sites for hydroxylation is 2. The summed E-state index contributed by atoms with van der Waals surface area (Å²) in [5.41, 5.74) is 3.95. The highest BCUT2D eigenvalue weighted by Gasteiger charge is 2.28. The third kappa shape index (κ3) is 4.39. The maximum Gasteiger partial charge on any atom is 0.254 e. The van der Waals surface area contributed by atoms with Gasteiger partial charge in [0, 0.05) is 17.2 Å². The van der Waals surface area contributed by atoms with Crippen molar-refractivity contribution in [3.8, 4) is 11.4 Å². The van der Waals surface area contributed by atoms with Gasteiger partial charge in [-0.25, -0.2) is 0 Å². The highest BCUT2D eigenvalue weighted by atomic mass is 16.5. The molecule has 0 aliphatic heterocycles. The first-order valence-corrected chi connectivity index (χ1v) is 10.4. The van der Waals surface area contributed by atoms with E-state index in [2.05, 4.69) is 17.1 Å². The van der Waals surface area contributed by atoms with E-state index in [0.29, 0.717) is 18.3 Å². The zero-order valence-corrected chi connectivity index (χ0v) is 17.1. The Balaban J connectivity index is 1.60. The molecule has 0 unspecified atom stereocenters. The largest absolute Gasteiger partial charge is 0.337 e. The van der Waals surface area contributed by atoms with E-state index in [4.69, 9.17) is 4.52 Å². The predicted molar refractivity (Wildman–Crippen MR) is 112 cm³/mol. The van der Waals surface area contributed by atoms with Gasteiger partial charge in [-0.3, -0.25) is 4.79 Å². The van der Waals surface area contributed by atoms with E-state index < -0.39 is 0 Å². The van der Waals surface area contributed by atoms with Gasteiger partial charge < -0.3 is 9.42 Å². The molecule has 0 saturated heterocycles. The van der Waals surface area contributed by atoms with Crippen molar-refractivity contribution in [1.82, 2.24) is 15.0 Å². The molecule has 0 radical (unpaired) electrons. The lowest BCUT2D eigenvalue weighted by Gasteiger charge is -2.33. The third-order valence-corrected chi connectivity index (χ3v) is 5.84. The summed E-state index contributed by atoms with van der Waals surface area (Å²) in [7, 11) is 0. The number of hydrogen-bond donors (Lipinski definition) is 0. The van der Waals surface area contributed by atoms with Gasteiger partial charge in [-0.15, -0.1) is 0 Å². The van der Waals surface area contributed by atoms with Crippen molar-refractivity contribution in [3.63, 3.8) is 0 Å². The number of aromatic nitrogens is 2. The number of benzene rings is 2. The van der Waals surface area contributed by atoms with Crippen molar-refractivity contribution in [3.05, 3.63) is 71.1 Å². The number of nitrogens with zero attached hydrogens (tertiary/aromatic N) is 3. The fourth-order valence-corrected chi connectivity index (χ4v) is 3.97. The Morgan fingerprint density at radius 1 is 1.03 bits per heavy atom. The Labute approximate surface area is 171 Å². The van der Waals surface area contributed by atoms with Crippen LogP contribution >= 0.6 is 0 Å². The predicted octanol–water partition coefficient (Wildman–Crippen LogP) is 5.33. The van der Waals surface area contributed by atoms with Gasteiger partial charge in [-0.05, 0) is 49.9 Å². The molecule has 2 aromatic carbocycles. The first-order chi connectivity index (χ1) is 14.1. The molecule has 0 N–H and O–H groups in total. The zero-order valence-electron chi connectivity index (χ0n) is 17.1. The topological polar surface area (TPSA) is 59.2 Å². The molecule has 5 heteroatoms. The summed E-state index contributed by atoms with van der Waals surface area (Å²) in [4.78, 5) is 19.9. The van der Waals surface area contributed by atoms with Crippen molar-refractivity contribution in [2.24, 2.45) is 0 Å². The second-order valence-electron chi connectivity index (χ2n) is 7.90. The molecule has 1 aliphatic rings. The van der Waals surface area contributed by atoms with Gasteiger partial charge in [-0.2, -0.15) is 4.98 Å². The molecule has 5 nitrogen and oxygen atoms in total. The van der Waals surface area contributed by atoms with Crippen molar-refractivity contribution in [2.45, 2.75) is 58.5 Å². The number of carbonyl (C=O) groups excluding carboxylic acids is 1. The van der Waals surface area contributed by atoms with Gasteiger partial charge in [0.1, 0.15) is 6.54 Å². The molecule has 150 valence electrons. The van der Waals surface area contributed by atoms with Gasteiger partial charge in [0.25, 0.3) is 5.91 Å². The lowest BCUT2D eigenvalue weighted by molar-refractivity contribution is 0.0586. The van der Waals surface area contributed by atoms with Gasteiger partial charge in [-0.1, -0.05) is 60.8 Å². The lowest BCUT2D eigenvalue weighted by Crippen LogP contribution is -2.41. The summed E-state index contributed by atoms with van der Waals surface area (Å²) in [5, 5.41) is 4.12. The SMILES string of the molecule is Cc1ccc(C(=O)N(Cc2nc(-c3ccccc3)no2)C2CCCCC2)cc1C. The lowest BCUT2D eigenvalue weighted by atomic mass is 9.93. The molecule has 1 aliphatic carbocycles. The summed E-state index contributed by atoms with van der Waals surface area (Å²) < 4.78 is 5.51. The minimum atomic E-state index is 0.0412.